The zero-order valence-corrected chi connectivity index (χ0v) is 16.0. The molecule has 0 bridgehead atoms. The number of ether oxygens (including phenoxy) is 4. The summed E-state index contributed by atoms with van der Waals surface area (Å²) < 4.78 is 22.4. The van der Waals surface area contributed by atoms with Gasteiger partial charge in [-0.05, 0) is 12.5 Å². The van der Waals surface area contributed by atoms with Gasteiger partial charge in [-0.3, -0.25) is 5.43 Å². The van der Waals surface area contributed by atoms with Crippen LogP contribution in [0, 0.1) is 17.2 Å². The van der Waals surface area contributed by atoms with E-state index in [1.807, 2.05) is 12.1 Å². The molecular formula is C19H26N4O4. The fourth-order valence-corrected chi connectivity index (χ4v) is 4.09. The van der Waals surface area contributed by atoms with E-state index in [2.05, 4.69) is 23.8 Å². The number of hydrogen-bond donors (Lipinski definition) is 3. The minimum absolute atomic E-state index is 0.0288. The van der Waals surface area contributed by atoms with Crippen LogP contribution in [0.15, 0.2) is 23.6 Å². The molecule has 0 spiro atoms. The lowest BCUT2D eigenvalue weighted by molar-refractivity contribution is 0.0333. The van der Waals surface area contributed by atoms with Crippen molar-refractivity contribution < 1.29 is 18.9 Å². The van der Waals surface area contributed by atoms with Crippen LogP contribution in [0.3, 0.4) is 0 Å². The van der Waals surface area contributed by atoms with Gasteiger partial charge < -0.3 is 24.7 Å². The van der Waals surface area contributed by atoms with Gasteiger partial charge in [0.2, 0.25) is 11.6 Å². The smallest absolute Gasteiger partial charge is 0.203 e. The van der Waals surface area contributed by atoms with E-state index in [4.69, 9.17) is 24.7 Å². The average molecular weight is 374 g/mol. The number of methoxy groups -OCH3 is 3. The Balaban J connectivity index is 2.19. The highest BCUT2D eigenvalue weighted by atomic mass is 16.5. The summed E-state index contributed by atoms with van der Waals surface area (Å²) in [6.45, 7) is 2.13. The van der Waals surface area contributed by atoms with Gasteiger partial charge in [0.1, 0.15) is 6.07 Å². The Hall–Kier alpha value is -2.63. The standard InChI is InChI=1S/C19H26N4O4/c1-5-6-12-15-14(11(9-20)18(21)27-19(15)23-22-12)10-7-8-13(24-2)17(26-4)16(10)25-3/h7-8,12,14-15,19,22-23H,5-6,21H2,1-4H3. The molecular weight excluding hydrogens is 348 g/mol. The summed E-state index contributed by atoms with van der Waals surface area (Å²) in [5.41, 5.74) is 13.8. The van der Waals surface area contributed by atoms with Gasteiger partial charge in [0.05, 0.1) is 26.9 Å². The van der Waals surface area contributed by atoms with Crippen molar-refractivity contribution in [1.82, 2.24) is 10.9 Å². The molecule has 4 unspecified atom stereocenters. The second-order valence-electron chi connectivity index (χ2n) is 6.59. The number of nitrogens with two attached hydrogens (primary N) is 1. The Morgan fingerprint density at radius 3 is 2.48 bits per heavy atom. The van der Waals surface area contributed by atoms with Crippen LogP contribution in [0.4, 0.5) is 0 Å². The van der Waals surface area contributed by atoms with Crippen LogP contribution in [0.2, 0.25) is 0 Å². The first-order valence-corrected chi connectivity index (χ1v) is 8.97. The Morgan fingerprint density at radius 1 is 1.15 bits per heavy atom. The van der Waals surface area contributed by atoms with Crippen molar-refractivity contribution in [3.05, 3.63) is 29.2 Å². The van der Waals surface area contributed by atoms with Gasteiger partial charge in [0.15, 0.2) is 17.7 Å². The molecule has 4 N–H and O–H groups in total. The van der Waals surface area contributed by atoms with Crippen LogP contribution < -0.4 is 30.8 Å². The fraction of sp³-hybridized carbons (Fsp3) is 0.526. The Labute approximate surface area is 159 Å². The molecule has 0 aliphatic carbocycles. The molecule has 146 valence electrons. The zero-order valence-electron chi connectivity index (χ0n) is 16.0. The summed E-state index contributed by atoms with van der Waals surface area (Å²) >= 11 is 0. The van der Waals surface area contributed by atoms with Gasteiger partial charge in [-0.25, -0.2) is 5.43 Å². The van der Waals surface area contributed by atoms with Gasteiger partial charge >= 0.3 is 0 Å². The van der Waals surface area contributed by atoms with E-state index in [0.717, 1.165) is 18.4 Å². The molecule has 0 saturated carbocycles. The minimum atomic E-state index is -0.332. The lowest BCUT2D eigenvalue weighted by Gasteiger charge is -2.36. The first kappa shape index (κ1) is 19.1. The molecule has 2 heterocycles. The molecule has 1 aromatic carbocycles. The summed E-state index contributed by atoms with van der Waals surface area (Å²) in [6.07, 6.45) is 1.60. The van der Waals surface area contributed by atoms with Gasteiger partial charge in [0.25, 0.3) is 0 Å². The number of rotatable bonds is 6. The molecule has 27 heavy (non-hydrogen) atoms. The summed E-state index contributed by atoms with van der Waals surface area (Å²) in [5.74, 6) is 1.38. The molecule has 4 atom stereocenters. The largest absolute Gasteiger partial charge is 0.493 e. The third-order valence-electron chi connectivity index (χ3n) is 5.23. The highest BCUT2D eigenvalue weighted by Gasteiger charge is 2.49. The van der Waals surface area contributed by atoms with Crippen LogP contribution in [-0.4, -0.2) is 33.6 Å². The average Bonchev–Trinajstić information content (AvgIpc) is 3.08. The van der Waals surface area contributed by atoms with E-state index in [9.17, 15) is 5.26 Å². The third kappa shape index (κ3) is 3.13. The zero-order chi connectivity index (χ0) is 19.6. The number of allylic oxidation sites excluding steroid dienone is 1. The summed E-state index contributed by atoms with van der Waals surface area (Å²) in [4.78, 5) is 0. The second kappa shape index (κ2) is 7.94. The number of nitrogens with zero attached hydrogens (tertiary/aromatic N) is 1. The molecule has 2 aliphatic heterocycles. The maximum atomic E-state index is 9.81. The van der Waals surface area contributed by atoms with Crippen LogP contribution in [0.5, 0.6) is 17.2 Å². The Kier molecular flexibility index (Phi) is 5.63. The minimum Gasteiger partial charge on any atom is -0.493 e. The topological polar surface area (TPSA) is 111 Å². The van der Waals surface area contributed by atoms with Crippen molar-refractivity contribution >= 4 is 0 Å². The third-order valence-corrected chi connectivity index (χ3v) is 5.23. The van der Waals surface area contributed by atoms with Crippen LogP contribution >= 0.6 is 0 Å². The van der Waals surface area contributed by atoms with Crippen molar-refractivity contribution in [3.63, 3.8) is 0 Å². The Morgan fingerprint density at radius 2 is 1.89 bits per heavy atom. The SMILES string of the molecule is CCCC1NNC2OC(N)=C(C#N)C(c3ccc(OC)c(OC)c3OC)C12. The van der Waals surface area contributed by atoms with Crippen molar-refractivity contribution in [3.8, 4) is 23.3 Å². The second-order valence-corrected chi connectivity index (χ2v) is 6.59. The van der Waals surface area contributed by atoms with Crippen molar-refractivity contribution in [2.24, 2.45) is 11.7 Å². The molecule has 3 rings (SSSR count). The number of benzene rings is 1. The van der Waals surface area contributed by atoms with Gasteiger partial charge in [-0.15, -0.1) is 0 Å². The lowest BCUT2D eigenvalue weighted by Crippen LogP contribution is -2.41. The predicted octanol–water partition coefficient (Wildman–Crippen LogP) is 1.74. The van der Waals surface area contributed by atoms with E-state index >= 15 is 0 Å². The van der Waals surface area contributed by atoms with E-state index in [1.54, 1.807) is 21.3 Å². The van der Waals surface area contributed by atoms with E-state index in [1.165, 1.54) is 0 Å². The van der Waals surface area contributed by atoms with Gasteiger partial charge in [-0.2, -0.15) is 5.26 Å². The fourth-order valence-electron chi connectivity index (χ4n) is 4.09. The lowest BCUT2D eigenvalue weighted by atomic mass is 9.74. The number of hydrazine groups is 1. The van der Waals surface area contributed by atoms with Crippen molar-refractivity contribution in [2.75, 3.05) is 21.3 Å². The first-order chi connectivity index (χ1) is 13.1. The maximum Gasteiger partial charge on any atom is 0.203 e. The first-order valence-electron chi connectivity index (χ1n) is 8.97. The highest BCUT2D eigenvalue weighted by Crippen LogP contribution is 2.50. The van der Waals surface area contributed by atoms with Crippen LogP contribution in [0.1, 0.15) is 31.2 Å². The molecule has 8 nitrogen and oxygen atoms in total. The normalized spacial score (nSPS) is 26.8. The molecule has 0 aromatic heterocycles. The summed E-state index contributed by atoms with van der Waals surface area (Å²) in [7, 11) is 4.71. The highest BCUT2D eigenvalue weighted by molar-refractivity contribution is 5.59. The summed E-state index contributed by atoms with van der Waals surface area (Å²) in [6, 6.07) is 6.08. The monoisotopic (exact) mass is 374 g/mol. The number of hydrogen-bond acceptors (Lipinski definition) is 8. The molecule has 0 amide bonds. The van der Waals surface area contributed by atoms with Gasteiger partial charge in [-0.1, -0.05) is 19.4 Å². The number of fused-ring (bicyclic) bond motifs is 1. The molecule has 1 aromatic rings. The number of nitriles is 1. The Bertz CT molecular complexity index is 774. The van der Waals surface area contributed by atoms with Crippen LogP contribution in [0.25, 0.3) is 0 Å². The quantitative estimate of drug-likeness (QED) is 0.690. The molecule has 0 radical (unpaired) electrons. The van der Waals surface area contributed by atoms with Gasteiger partial charge in [0, 0.05) is 23.4 Å². The van der Waals surface area contributed by atoms with E-state index in [0.29, 0.717) is 22.8 Å². The number of nitrogens with one attached hydrogen (secondary N) is 2. The molecule has 2 aliphatic rings. The van der Waals surface area contributed by atoms with Crippen molar-refractivity contribution in [1.29, 1.82) is 5.26 Å². The molecule has 8 heteroatoms. The van der Waals surface area contributed by atoms with E-state index < -0.39 is 0 Å². The predicted molar refractivity (Wildman–Crippen MR) is 99.0 cm³/mol. The summed E-state index contributed by atoms with van der Waals surface area (Å²) in [5, 5.41) is 9.81. The molecule has 1 fully saturated rings. The maximum absolute atomic E-state index is 9.81. The van der Waals surface area contributed by atoms with Crippen molar-refractivity contribution in [2.45, 2.75) is 38.0 Å². The van der Waals surface area contributed by atoms with E-state index in [-0.39, 0.29) is 30.0 Å². The van der Waals surface area contributed by atoms with Crippen LogP contribution in [-0.2, 0) is 4.74 Å². The molecule has 1 saturated heterocycles.